The van der Waals surface area contributed by atoms with Gasteiger partial charge in [0, 0.05) is 12.2 Å². The second-order valence-electron chi connectivity index (χ2n) is 4.04. The topological polar surface area (TPSA) is 42.2 Å². The molecule has 1 aromatic heterocycles. The first-order valence-electron chi connectivity index (χ1n) is 5.10. The Morgan fingerprint density at radius 3 is 2.86 bits per heavy atom. The van der Waals surface area contributed by atoms with Gasteiger partial charge in [0.25, 0.3) is 0 Å². The monoisotopic (exact) mass is 193 g/mol. The smallest absolute Gasteiger partial charge is 0.352 e. The fraction of sp³-hybridized carbons (Fsp3) is 0.545. The minimum absolute atomic E-state index is 0.324. The van der Waals surface area contributed by atoms with E-state index in [0.29, 0.717) is 17.7 Å². The average molecular weight is 193 g/mol. The summed E-state index contributed by atoms with van der Waals surface area (Å²) in [5.41, 5.74) is 0.407. The van der Waals surface area contributed by atoms with Gasteiger partial charge in [0.2, 0.25) is 0 Å². The van der Waals surface area contributed by atoms with Gasteiger partial charge in [-0.2, -0.15) is 0 Å². The van der Waals surface area contributed by atoms with E-state index in [4.69, 9.17) is 5.11 Å². The molecule has 1 aliphatic carbocycles. The summed E-state index contributed by atoms with van der Waals surface area (Å²) in [6.45, 7) is 2.11. The van der Waals surface area contributed by atoms with E-state index in [1.54, 1.807) is 12.1 Å². The van der Waals surface area contributed by atoms with Crippen molar-refractivity contribution in [1.29, 1.82) is 0 Å². The van der Waals surface area contributed by atoms with Crippen LogP contribution in [0.1, 0.15) is 42.7 Å². The lowest BCUT2D eigenvalue weighted by molar-refractivity contribution is 0.0677. The Morgan fingerprint density at radius 1 is 1.64 bits per heavy atom. The molecule has 1 atom stereocenters. The summed E-state index contributed by atoms with van der Waals surface area (Å²) in [6.07, 6.45) is 5.63. The SMILES string of the molecule is CC(C1CCC1)n1cccc1C(=O)O. The van der Waals surface area contributed by atoms with E-state index < -0.39 is 5.97 Å². The van der Waals surface area contributed by atoms with Crippen LogP contribution in [0.3, 0.4) is 0 Å². The lowest BCUT2D eigenvalue weighted by Gasteiger charge is -2.33. The molecule has 0 aliphatic heterocycles. The third kappa shape index (κ3) is 1.43. The molecule has 76 valence electrons. The third-order valence-corrected chi connectivity index (χ3v) is 3.27. The van der Waals surface area contributed by atoms with E-state index in [2.05, 4.69) is 6.92 Å². The van der Waals surface area contributed by atoms with Crippen LogP contribution in [0.5, 0.6) is 0 Å². The highest BCUT2D eigenvalue weighted by Gasteiger charge is 2.26. The molecule has 0 bridgehead atoms. The van der Waals surface area contributed by atoms with Crippen molar-refractivity contribution in [2.24, 2.45) is 5.92 Å². The molecule has 0 spiro atoms. The summed E-state index contributed by atoms with van der Waals surface area (Å²) in [7, 11) is 0. The molecule has 1 aromatic rings. The highest BCUT2D eigenvalue weighted by molar-refractivity contribution is 5.85. The highest BCUT2D eigenvalue weighted by atomic mass is 16.4. The Labute approximate surface area is 83.4 Å². The quantitative estimate of drug-likeness (QED) is 0.801. The summed E-state index contributed by atoms with van der Waals surface area (Å²) in [5.74, 6) is -0.165. The molecule has 3 heteroatoms. The molecule has 1 saturated carbocycles. The van der Waals surface area contributed by atoms with Gasteiger partial charge in [0.05, 0.1) is 0 Å². The van der Waals surface area contributed by atoms with Gasteiger partial charge < -0.3 is 9.67 Å². The molecule has 14 heavy (non-hydrogen) atoms. The Morgan fingerprint density at radius 2 is 2.36 bits per heavy atom. The predicted molar refractivity (Wildman–Crippen MR) is 53.4 cm³/mol. The number of rotatable bonds is 3. The molecule has 1 heterocycles. The first-order chi connectivity index (χ1) is 6.70. The third-order valence-electron chi connectivity index (χ3n) is 3.27. The van der Waals surface area contributed by atoms with E-state index in [-0.39, 0.29) is 0 Å². The van der Waals surface area contributed by atoms with Crippen LogP contribution >= 0.6 is 0 Å². The van der Waals surface area contributed by atoms with E-state index in [0.717, 1.165) is 0 Å². The van der Waals surface area contributed by atoms with Crippen molar-refractivity contribution in [2.75, 3.05) is 0 Å². The van der Waals surface area contributed by atoms with Crippen molar-refractivity contribution in [3.05, 3.63) is 24.0 Å². The maximum atomic E-state index is 10.9. The largest absolute Gasteiger partial charge is 0.477 e. The summed E-state index contributed by atoms with van der Waals surface area (Å²) in [6, 6.07) is 3.79. The lowest BCUT2D eigenvalue weighted by atomic mass is 9.80. The zero-order valence-corrected chi connectivity index (χ0v) is 8.31. The zero-order chi connectivity index (χ0) is 10.1. The molecule has 0 radical (unpaired) electrons. The molecule has 2 rings (SSSR count). The molecular weight excluding hydrogens is 178 g/mol. The second kappa shape index (κ2) is 3.48. The zero-order valence-electron chi connectivity index (χ0n) is 8.31. The standard InChI is InChI=1S/C11H15NO2/c1-8(9-4-2-5-9)12-7-3-6-10(12)11(13)14/h3,6-9H,2,4-5H2,1H3,(H,13,14). The molecule has 0 aromatic carbocycles. The van der Waals surface area contributed by atoms with Crippen LogP contribution in [0.2, 0.25) is 0 Å². The molecular formula is C11H15NO2. The number of aromatic nitrogens is 1. The van der Waals surface area contributed by atoms with Crippen molar-refractivity contribution < 1.29 is 9.90 Å². The summed E-state index contributed by atoms with van der Waals surface area (Å²) >= 11 is 0. The van der Waals surface area contributed by atoms with Crippen molar-refractivity contribution in [3.63, 3.8) is 0 Å². The van der Waals surface area contributed by atoms with Crippen LogP contribution in [0.25, 0.3) is 0 Å². The van der Waals surface area contributed by atoms with Gasteiger partial charge in [0.15, 0.2) is 0 Å². The summed E-state index contributed by atoms with van der Waals surface area (Å²) in [4.78, 5) is 10.9. The number of hydrogen-bond donors (Lipinski definition) is 1. The minimum Gasteiger partial charge on any atom is -0.477 e. The van der Waals surface area contributed by atoms with Crippen molar-refractivity contribution >= 4 is 5.97 Å². The molecule has 1 aliphatic rings. The number of carboxylic acids is 1. The number of carboxylic acid groups (broad SMARTS) is 1. The van der Waals surface area contributed by atoms with Crippen LogP contribution in [0.4, 0.5) is 0 Å². The number of hydrogen-bond acceptors (Lipinski definition) is 1. The number of aromatic carboxylic acids is 1. The van der Waals surface area contributed by atoms with Gasteiger partial charge in [0.1, 0.15) is 5.69 Å². The van der Waals surface area contributed by atoms with Crippen molar-refractivity contribution in [1.82, 2.24) is 4.57 Å². The summed E-state index contributed by atoms with van der Waals surface area (Å²) < 4.78 is 1.88. The molecule has 1 N–H and O–H groups in total. The van der Waals surface area contributed by atoms with Gasteiger partial charge in [-0.25, -0.2) is 4.79 Å². The normalized spacial score (nSPS) is 18.9. The van der Waals surface area contributed by atoms with Gasteiger partial charge in [-0.15, -0.1) is 0 Å². The molecule has 0 amide bonds. The number of nitrogens with zero attached hydrogens (tertiary/aromatic N) is 1. The molecule has 1 fully saturated rings. The molecule has 3 nitrogen and oxygen atoms in total. The van der Waals surface area contributed by atoms with E-state index in [1.165, 1.54) is 19.3 Å². The first kappa shape index (κ1) is 9.31. The van der Waals surface area contributed by atoms with E-state index in [1.807, 2.05) is 10.8 Å². The molecule has 1 unspecified atom stereocenters. The predicted octanol–water partition coefficient (Wildman–Crippen LogP) is 2.55. The Kier molecular flexibility index (Phi) is 2.32. The lowest BCUT2D eigenvalue weighted by Crippen LogP contribution is -2.24. The Hall–Kier alpha value is -1.25. The number of carbonyl (C=O) groups is 1. The van der Waals surface area contributed by atoms with Crippen molar-refractivity contribution in [3.8, 4) is 0 Å². The fourth-order valence-corrected chi connectivity index (χ4v) is 2.08. The highest BCUT2D eigenvalue weighted by Crippen LogP contribution is 2.36. The van der Waals surface area contributed by atoms with Crippen LogP contribution in [0.15, 0.2) is 18.3 Å². The maximum Gasteiger partial charge on any atom is 0.352 e. The maximum absolute atomic E-state index is 10.9. The minimum atomic E-state index is -0.832. The van der Waals surface area contributed by atoms with Crippen LogP contribution < -0.4 is 0 Å². The summed E-state index contributed by atoms with van der Waals surface area (Å²) in [5, 5.41) is 8.96. The van der Waals surface area contributed by atoms with Crippen molar-refractivity contribution in [2.45, 2.75) is 32.2 Å². The van der Waals surface area contributed by atoms with Gasteiger partial charge >= 0.3 is 5.97 Å². The average Bonchev–Trinajstić information content (AvgIpc) is 2.47. The van der Waals surface area contributed by atoms with Gasteiger partial charge in [-0.05, 0) is 37.8 Å². The Bertz CT molecular complexity index is 339. The Balaban J connectivity index is 2.21. The van der Waals surface area contributed by atoms with Gasteiger partial charge in [-0.3, -0.25) is 0 Å². The van der Waals surface area contributed by atoms with E-state index >= 15 is 0 Å². The fourth-order valence-electron chi connectivity index (χ4n) is 2.08. The molecule has 0 saturated heterocycles. The van der Waals surface area contributed by atoms with Crippen LogP contribution in [0, 0.1) is 5.92 Å². The second-order valence-corrected chi connectivity index (χ2v) is 4.04. The first-order valence-corrected chi connectivity index (χ1v) is 5.10. The van der Waals surface area contributed by atoms with Crippen LogP contribution in [-0.2, 0) is 0 Å². The van der Waals surface area contributed by atoms with E-state index in [9.17, 15) is 4.79 Å². The van der Waals surface area contributed by atoms with Gasteiger partial charge in [-0.1, -0.05) is 6.42 Å². The van der Waals surface area contributed by atoms with Crippen LogP contribution in [-0.4, -0.2) is 15.6 Å².